The van der Waals surface area contributed by atoms with E-state index in [9.17, 15) is 4.79 Å². The van der Waals surface area contributed by atoms with Crippen molar-refractivity contribution in [3.8, 4) is 0 Å². The van der Waals surface area contributed by atoms with Gasteiger partial charge in [-0.05, 0) is 58.6 Å². The third-order valence-electron chi connectivity index (χ3n) is 4.45. The molecule has 1 aromatic heterocycles. The van der Waals surface area contributed by atoms with Crippen molar-refractivity contribution in [2.45, 2.75) is 52.7 Å². The highest BCUT2D eigenvalue weighted by Crippen LogP contribution is 2.19. The number of rotatable bonds is 6. The van der Waals surface area contributed by atoms with Gasteiger partial charge in [0.1, 0.15) is 5.60 Å². The van der Waals surface area contributed by atoms with Gasteiger partial charge in [0.2, 0.25) is 0 Å². The largest absolute Gasteiger partial charge is 0.444 e. The summed E-state index contributed by atoms with van der Waals surface area (Å²) in [5.41, 5.74) is -0.439. The summed E-state index contributed by atoms with van der Waals surface area (Å²) in [6.45, 7) is 12.6. The zero-order chi connectivity index (χ0) is 19.7. The van der Waals surface area contributed by atoms with Crippen LogP contribution in [0.25, 0.3) is 0 Å². The molecule has 1 aromatic rings. The SMILES string of the molecule is CCNC(=NCC1CCN(C(=O)OC(C)(C)C)CC1)NCCn1cccc1.I. The lowest BCUT2D eigenvalue weighted by molar-refractivity contribution is 0.0187. The van der Waals surface area contributed by atoms with Crippen LogP contribution in [0.3, 0.4) is 0 Å². The number of aliphatic imine (C=N–C) groups is 1. The maximum absolute atomic E-state index is 12.1. The lowest BCUT2D eigenvalue weighted by atomic mass is 9.97. The Kier molecular flexibility index (Phi) is 10.7. The predicted molar refractivity (Wildman–Crippen MR) is 124 cm³/mol. The summed E-state index contributed by atoms with van der Waals surface area (Å²) in [6.07, 6.45) is 5.84. The second-order valence-corrected chi connectivity index (χ2v) is 7.98. The molecule has 1 aliphatic heterocycles. The van der Waals surface area contributed by atoms with Gasteiger partial charge in [-0.1, -0.05) is 0 Å². The van der Waals surface area contributed by atoms with E-state index in [-0.39, 0.29) is 30.1 Å². The molecule has 0 unspecified atom stereocenters. The Bertz CT molecular complexity index is 590. The van der Waals surface area contributed by atoms with Crippen LogP contribution < -0.4 is 10.6 Å². The minimum atomic E-state index is -0.439. The van der Waals surface area contributed by atoms with Crippen LogP contribution >= 0.6 is 24.0 Å². The van der Waals surface area contributed by atoms with Gasteiger partial charge in [-0.3, -0.25) is 4.99 Å². The number of halogens is 1. The monoisotopic (exact) mass is 505 g/mol. The van der Waals surface area contributed by atoms with Gasteiger partial charge in [0.25, 0.3) is 0 Å². The number of carbonyl (C=O) groups is 1. The molecule has 2 rings (SSSR count). The molecule has 160 valence electrons. The van der Waals surface area contributed by atoms with Crippen LogP contribution in [0.5, 0.6) is 0 Å². The summed E-state index contributed by atoms with van der Waals surface area (Å²) in [5, 5.41) is 6.68. The number of hydrogen-bond donors (Lipinski definition) is 2. The first-order valence-electron chi connectivity index (χ1n) is 9.98. The van der Waals surface area contributed by atoms with Gasteiger partial charge in [-0.2, -0.15) is 0 Å². The average molecular weight is 505 g/mol. The van der Waals surface area contributed by atoms with E-state index >= 15 is 0 Å². The van der Waals surface area contributed by atoms with Gasteiger partial charge in [0.15, 0.2) is 5.96 Å². The number of piperidine rings is 1. The maximum Gasteiger partial charge on any atom is 0.410 e. The number of carbonyl (C=O) groups excluding carboxylic acids is 1. The zero-order valence-electron chi connectivity index (χ0n) is 17.6. The molecule has 0 saturated carbocycles. The fraction of sp³-hybridized carbons (Fsp3) is 0.700. The third-order valence-corrected chi connectivity index (χ3v) is 4.45. The number of nitrogens with zero attached hydrogens (tertiary/aromatic N) is 3. The summed E-state index contributed by atoms with van der Waals surface area (Å²) in [4.78, 5) is 18.7. The minimum Gasteiger partial charge on any atom is -0.444 e. The van der Waals surface area contributed by atoms with Crippen molar-refractivity contribution in [3.63, 3.8) is 0 Å². The molecule has 1 amide bonds. The van der Waals surface area contributed by atoms with E-state index in [1.165, 1.54) is 0 Å². The molecule has 2 heterocycles. The molecule has 1 fully saturated rings. The molecule has 1 saturated heterocycles. The van der Waals surface area contributed by atoms with Crippen LogP contribution in [-0.4, -0.2) is 59.8 Å². The summed E-state index contributed by atoms with van der Waals surface area (Å²) >= 11 is 0. The summed E-state index contributed by atoms with van der Waals surface area (Å²) < 4.78 is 7.60. The molecule has 7 nitrogen and oxygen atoms in total. The number of ether oxygens (including phenoxy) is 1. The van der Waals surface area contributed by atoms with Gasteiger partial charge >= 0.3 is 6.09 Å². The van der Waals surface area contributed by atoms with E-state index in [0.29, 0.717) is 5.92 Å². The highest BCUT2D eigenvalue weighted by molar-refractivity contribution is 14.0. The van der Waals surface area contributed by atoms with Crippen LogP contribution in [0.4, 0.5) is 4.79 Å². The Balaban J connectivity index is 0.00000392. The molecule has 0 atom stereocenters. The molecule has 0 aliphatic carbocycles. The maximum atomic E-state index is 12.1. The van der Waals surface area contributed by atoms with E-state index in [1.807, 2.05) is 37.8 Å². The molecule has 0 bridgehead atoms. The van der Waals surface area contributed by atoms with E-state index in [0.717, 1.165) is 58.1 Å². The molecule has 1 aliphatic rings. The molecule has 8 heteroatoms. The Hall–Kier alpha value is -1.45. The molecule has 28 heavy (non-hydrogen) atoms. The molecular weight excluding hydrogens is 469 g/mol. The second kappa shape index (κ2) is 12.2. The summed E-state index contributed by atoms with van der Waals surface area (Å²) in [5.74, 6) is 1.36. The molecule has 0 aromatic carbocycles. The number of aromatic nitrogens is 1. The molecular formula is C20H36IN5O2. The minimum absolute atomic E-state index is 0. The zero-order valence-corrected chi connectivity index (χ0v) is 19.9. The van der Waals surface area contributed by atoms with Crippen molar-refractivity contribution in [1.29, 1.82) is 0 Å². The first-order valence-corrected chi connectivity index (χ1v) is 9.98. The molecule has 2 N–H and O–H groups in total. The van der Waals surface area contributed by atoms with Crippen molar-refractivity contribution in [1.82, 2.24) is 20.1 Å². The van der Waals surface area contributed by atoms with Crippen LogP contribution in [0.1, 0.15) is 40.5 Å². The van der Waals surface area contributed by atoms with Crippen molar-refractivity contribution in [3.05, 3.63) is 24.5 Å². The fourth-order valence-corrected chi connectivity index (χ4v) is 3.01. The van der Waals surface area contributed by atoms with Crippen LogP contribution in [0.2, 0.25) is 0 Å². The number of hydrogen-bond acceptors (Lipinski definition) is 3. The Morgan fingerprint density at radius 2 is 1.82 bits per heavy atom. The smallest absolute Gasteiger partial charge is 0.410 e. The lowest BCUT2D eigenvalue weighted by Gasteiger charge is -2.33. The Morgan fingerprint density at radius 3 is 2.39 bits per heavy atom. The number of amides is 1. The van der Waals surface area contributed by atoms with Crippen molar-refractivity contribution >= 4 is 36.0 Å². The normalized spacial score (nSPS) is 15.7. The number of guanidine groups is 1. The quantitative estimate of drug-likeness (QED) is 0.354. The topological polar surface area (TPSA) is 70.9 Å². The van der Waals surface area contributed by atoms with Crippen molar-refractivity contribution < 1.29 is 9.53 Å². The molecule has 0 radical (unpaired) electrons. The van der Waals surface area contributed by atoms with Crippen molar-refractivity contribution in [2.75, 3.05) is 32.7 Å². The standard InChI is InChI=1S/C20H35N5O2.HI/c1-5-21-18(22-10-15-24-11-6-7-12-24)23-16-17-8-13-25(14-9-17)19(26)27-20(2,3)4;/h6-7,11-12,17H,5,8-10,13-16H2,1-4H3,(H2,21,22,23);1H. The highest BCUT2D eigenvalue weighted by Gasteiger charge is 2.26. The first kappa shape index (κ1) is 24.6. The van der Waals surface area contributed by atoms with E-state index in [1.54, 1.807) is 0 Å². The van der Waals surface area contributed by atoms with E-state index in [2.05, 4.69) is 34.5 Å². The Morgan fingerprint density at radius 1 is 1.18 bits per heavy atom. The Labute approximate surface area is 186 Å². The second-order valence-electron chi connectivity index (χ2n) is 7.98. The van der Waals surface area contributed by atoms with Crippen LogP contribution in [0.15, 0.2) is 29.5 Å². The predicted octanol–water partition coefficient (Wildman–Crippen LogP) is 3.31. The van der Waals surface area contributed by atoms with Gasteiger partial charge in [0, 0.05) is 51.7 Å². The summed E-state index contributed by atoms with van der Waals surface area (Å²) in [7, 11) is 0. The number of nitrogens with one attached hydrogen (secondary N) is 2. The van der Waals surface area contributed by atoms with Crippen LogP contribution in [-0.2, 0) is 11.3 Å². The van der Waals surface area contributed by atoms with Gasteiger partial charge in [-0.15, -0.1) is 24.0 Å². The van der Waals surface area contributed by atoms with Gasteiger partial charge in [0.05, 0.1) is 0 Å². The fourth-order valence-electron chi connectivity index (χ4n) is 3.01. The van der Waals surface area contributed by atoms with Gasteiger partial charge < -0.3 is 24.8 Å². The van der Waals surface area contributed by atoms with E-state index < -0.39 is 5.60 Å². The van der Waals surface area contributed by atoms with Crippen molar-refractivity contribution in [2.24, 2.45) is 10.9 Å². The number of likely N-dealkylation sites (tertiary alicyclic amines) is 1. The summed E-state index contributed by atoms with van der Waals surface area (Å²) in [6, 6.07) is 4.06. The van der Waals surface area contributed by atoms with Gasteiger partial charge in [-0.25, -0.2) is 4.79 Å². The van der Waals surface area contributed by atoms with Crippen LogP contribution in [0, 0.1) is 5.92 Å². The highest BCUT2D eigenvalue weighted by atomic mass is 127. The third kappa shape index (κ3) is 9.16. The first-order chi connectivity index (χ1) is 12.9. The van der Waals surface area contributed by atoms with E-state index in [4.69, 9.17) is 9.73 Å². The average Bonchev–Trinajstić information content (AvgIpc) is 3.12. The molecule has 0 spiro atoms. The lowest BCUT2D eigenvalue weighted by Crippen LogP contribution is -2.42.